The van der Waals surface area contributed by atoms with Gasteiger partial charge in [-0.05, 0) is 74.7 Å². The van der Waals surface area contributed by atoms with Gasteiger partial charge >= 0.3 is 0 Å². The van der Waals surface area contributed by atoms with E-state index in [1.165, 1.54) is 36.1 Å². The van der Waals surface area contributed by atoms with Crippen molar-refractivity contribution >= 4 is 45.1 Å². The Hall–Kier alpha value is -2.76. The molecule has 5 rings (SSSR count). The van der Waals surface area contributed by atoms with E-state index in [2.05, 4.69) is 132 Å². The summed E-state index contributed by atoms with van der Waals surface area (Å²) in [6, 6.07) is 38.4. The Morgan fingerprint density at radius 1 is 0.697 bits per heavy atom. The van der Waals surface area contributed by atoms with Crippen molar-refractivity contribution in [3.05, 3.63) is 118 Å². The molecule has 33 heavy (non-hydrogen) atoms. The lowest BCUT2D eigenvalue weighted by Crippen LogP contribution is -1.98. The lowest BCUT2D eigenvalue weighted by molar-refractivity contribution is 0.310. The second-order valence-corrected chi connectivity index (χ2v) is 9.85. The predicted molar refractivity (Wildman–Crippen MR) is 150 cm³/mol. The largest absolute Gasteiger partial charge is 0.488 e. The van der Waals surface area contributed by atoms with Crippen LogP contribution >= 0.6 is 34.4 Å². The quantitative estimate of drug-likeness (QED) is 0.152. The monoisotopic (exact) mass is 558 g/mol. The number of hydrogen-bond acceptors (Lipinski definition) is 2. The summed E-state index contributed by atoms with van der Waals surface area (Å²) in [5.74, 6) is 0.919. The third kappa shape index (κ3) is 4.66. The minimum atomic E-state index is 0.543. The summed E-state index contributed by atoms with van der Waals surface area (Å²) in [6.07, 6.45) is 2.15. The Balaban J connectivity index is 1.74. The van der Waals surface area contributed by atoms with E-state index >= 15 is 0 Å². The predicted octanol–water partition coefficient (Wildman–Crippen LogP) is 9.08. The molecule has 0 aromatic heterocycles. The van der Waals surface area contributed by atoms with E-state index in [1.54, 1.807) is 11.8 Å². The molecule has 0 amide bonds. The van der Waals surface area contributed by atoms with Crippen LogP contribution < -0.4 is 4.74 Å². The lowest BCUT2D eigenvalue weighted by atomic mass is 9.94. The minimum absolute atomic E-state index is 0.543. The summed E-state index contributed by atoms with van der Waals surface area (Å²) in [7, 11) is 0. The van der Waals surface area contributed by atoms with Crippen molar-refractivity contribution in [3.63, 3.8) is 0 Å². The highest BCUT2D eigenvalue weighted by Gasteiger charge is 2.17. The maximum absolute atomic E-state index is 6.43. The first kappa shape index (κ1) is 22.1. The summed E-state index contributed by atoms with van der Waals surface area (Å²) in [5.41, 5.74) is 6.10. The molecule has 1 nitrogen and oxygen atoms in total. The summed E-state index contributed by atoms with van der Waals surface area (Å²) in [6.45, 7) is 0.543. The zero-order chi connectivity index (χ0) is 22.6. The number of hydrogen-bond donors (Lipinski definition) is 0. The first-order valence-electron chi connectivity index (χ1n) is 10.9. The van der Waals surface area contributed by atoms with Gasteiger partial charge in [0.05, 0.1) is 0 Å². The van der Waals surface area contributed by atoms with E-state index in [0.717, 1.165) is 16.7 Å². The molecule has 5 aromatic carbocycles. The fourth-order valence-electron chi connectivity index (χ4n) is 4.15. The highest BCUT2D eigenvalue weighted by atomic mass is 127. The molecule has 0 aliphatic carbocycles. The van der Waals surface area contributed by atoms with Crippen LogP contribution in [0.1, 0.15) is 5.56 Å². The molecule has 3 heteroatoms. The van der Waals surface area contributed by atoms with Crippen molar-refractivity contribution in [1.29, 1.82) is 0 Å². The molecule has 0 bridgehead atoms. The topological polar surface area (TPSA) is 9.23 Å². The van der Waals surface area contributed by atoms with Crippen LogP contribution in [0.15, 0.2) is 114 Å². The summed E-state index contributed by atoms with van der Waals surface area (Å²) in [4.78, 5) is 1.27. The van der Waals surface area contributed by atoms with Crippen LogP contribution in [0.25, 0.3) is 33.0 Å². The number of ether oxygens (including phenoxy) is 1. The van der Waals surface area contributed by atoms with Crippen LogP contribution in [0.5, 0.6) is 5.75 Å². The summed E-state index contributed by atoms with van der Waals surface area (Å²) < 4.78 is 7.62. The van der Waals surface area contributed by atoms with E-state index in [0.29, 0.717) is 6.61 Å². The Labute approximate surface area is 213 Å². The van der Waals surface area contributed by atoms with Crippen molar-refractivity contribution in [1.82, 2.24) is 0 Å². The number of thioether (sulfide) groups is 1. The molecule has 0 aliphatic rings. The van der Waals surface area contributed by atoms with Gasteiger partial charge < -0.3 is 4.74 Å². The van der Waals surface area contributed by atoms with Gasteiger partial charge in [0.15, 0.2) is 0 Å². The fourth-order valence-corrected chi connectivity index (χ4v) is 5.67. The van der Waals surface area contributed by atoms with Crippen molar-refractivity contribution in [2.45, 2.75) is 11.5 Å². The minimum Gasteiger partial charge on any atom is -0.488 e. The van der Waals surface area contributed by atoms with Gasteiger partial charge in [0.2, 0.25) is 0 Å². The molecule has 162 valence electrons. The van der Waals surface area contributed by atoms with Crippen LogP contribution in [0.3, 0.4) is 0 Å². The highest BCUT2D eigenvalue weighted by Crippen LogP contribution is 2.43. The standard InChI is InChI=1S/C30H23IOS/c1-33-29-18-26-25(17-24(29)22-13-7-3-8-14-22)28(32-20-21-11-5-2-6-12-21)19-27(31)30(26)23-15-9-4-10-16-23/h2-19H,20H2,1H3. The SMILES string of the molecule is CSc1cc2c(-c3ccccc3)c(I)cc(OCc3ccccc3)c2cc1-c1ccccc1. The zero-order valence-electron chi connectivity index (χ0n) is 18.3. The first-order chi connectivity index (χ1) is 16.2. The third-order valence-electron chi connectivity index (χ3n) is 5.76. The van der Waals surface area contributed by atoms with Crippen LogP contribution in [0.4, 0.5) is 0 Å². The van der Waals surface area contributed by atoms with Crippen molar-refractivity contribution in [2.24, 2.45) is 0 Å². The molecule has 0 atom stereocenters. The second kappa shape index (κ2) is 10.0. The third-order valence-corrected chi connectivity index (χ3v) is 7.38. The molecular formula is C30H23IOS. The van der Waals surface area contributed by atoms with Crippen molar-refractivity contribution < 1.29 is 4.74 Å². The maximum Gasteiger partial charge on any atom is 0.128 e. The Kier molecular flexibility index (Phi) is 6.70. The van der Waals surface area contributed by atoms with E-state index in [-0.39, 0.29) is 0 Å². The normalized spacial score (nSPS) is 11.0. The number of fused-ring (bicyclic) bond motifs is 1. The molecule has 5 aromatic rings. The lowest BCUT2D eigenvalue weighted by Gasteiger charge is -2.18. The van der Waals surface area contributed by atoms with Gasteiger partial charge in [0.1, 0.15) is 12.4 Å². The van der Waals surface area contributed by atoms with Gasteiger partial charge in [0.25, 0.3) is 0 Å². The fraction of sp³-hybridized carbons (Fsp3) is 0.0667. The van der Waals surface area contributed by atoms with Crippen LogP contribution in [-0.4, -0.2) is 6.26 Å². The van der Waals surface area contributed by atoms with Crippen molar-refractivity contribution in [2.75, 3.05) is 6.26 Å². The molecule has 0 fully saturated rings. The number of halogens is 1. The smallest absolute Gasteiger partial charge is 0.128 e. The van der Waals surface area contributed by atoms with E-state index < -0.39 is 0 Å². The van der Waals surface area contributed by atoms with E-state index in [1.807, 2.05) is 6.07 Å². The molecule has 0 spiro atoms. The first-order valence-corrected chi connectivity index (χ1v) is 13.2. The van der Waals surface area contributed by atoms with Gasteiger partial charge in [-0.3, -0.25) is 0 Å². The van der Waals surface area contributed by atoms with Gasteiger partial charge in [-0.15, -0.1) is 11.8 Å². The second-order valence-electron chi connectivity index (χ2n) is 7.84. The van der Waals surface area contributed by atoms with Crippen LogP contribution in [0.2, 0.25) is 0 Å². The molecule has 0 radical (unpaired) electrons. The molecule has 0 saturated heterocycles. The number of benzene rings is 5. The van der Waals surface area contributed by atoms with E-state index in [4.69, 9.17) is 4.74 Å². The van der Waals surface area contributed by atoms with Gasteiger partial charge in [0, 0.05) is 19.4 Å². The van der Waals surface area contributed by atoms with Crippen LogP contribution in [0, 0.1) is 3.57 Å². The number of rotatable bonds is 6. The molecule has 0 saturated carbocycles. The molecule has 0 N–H and O–H groups in total. The summed E-state index contributed by atoms with van der Waals surface area (Å²) in [5, 5.41) is 2.36. The summed E-state index contributed by atoms with van der Waals surface area (Å²) >= 11 is 4.24. The molecule has 0 aliphatic heterocycles. The Morgan fingerprint density at radius 2 is 1.30 bits per heavy atom. The molecular weight excluding hydrogens is 535 g/mol. The highest BCUT2D eigenvalue weighted by molar-refractivity contribution is 14.1. The van der Waals surface area contributed by atoms with Gasteiger partial charge in [-0.2, -0.15) is 0 Å². The molecule has 0 unspecified atom stereocenters. The average molecular weight is 558 g/mol. The molecule has 0 heterocycles. The van der Waals surface area contributed by atoms with E-state index in [9.17, 15) is 0 Å². The van der Waals surface area contributed by atoms with Gasteiger partial charge in [-0.1, -0.05) is 91.0 Å². The van der Waals surface area contributed by atoms with Crippen molar-refractivity contribution in [3.8, 4) is 28.0 Å². The maximum atomic E-state index is 6.43. The average Bonchev–Trinajstić information content (AvgIpc) is 2.88. The van der Waals surface area contributed by atoms with Crippen LogP contribution in [-0.2, 0) is 6.61 Å². The van der Waals surface area contributed by atoms with Gasteiger partial charge in [-0.25, -0.2) is 0 Å². The Bertz CT molecular complexity index is 1380. The Morgan fingerprint density at radius 3 is 1.94 bits per heavy atom. The zero-order valence-corrected chi connectivity index (χ0v) is 21.3.